The van der Waals surface area contributed by atoms with E-state index in [1.807, 2.05) is 0 Å². The number of piperidine rings is 1. The van der Waals surface area contributed by atoms with Crippen molar-refractivity contribution in [2.45, 2.75) is 18.9 Å². The van der Waals surface area contributed by atoms with Gasteiger partial charge in [0.2, 0.25) is 5.91 Å². The number of hydrogen-bond donors (Lipinski definition) is 0. The number of aromatic nitrogens is 3. The van der Waals surface area contributed by atoms with Crippen LogP contribution in [-0.2, 0) is 4.79 Å². The minimum atomic E-state index is -0.453. The first-order valence-electron chi connectivity index (χ1n) is 7.69. The lowest BCUT2D eigenvalue weighted by atomic mass is 10.1. The molecule has 1 amide bonds. The van der Waals surface area contributed by atoms with Gasteiger partial charge in [-0.05, 0) is 25.0 Å². The van der Waals surface area contributed by atoms with Crippen molar-refractivity contribution in [3.8, 4) is 0 Å². The van der Waals surface area contributed by atoms with E-state index in [-0.39, 0.29) is 17.6 Å². The van der Waals surface area contributed by atoms with E-state index >= 15 is 0 Å². The summed E-state index contributed by atoms with van der Waals surface area (Å²) in [6.45, 7) is 1.23. The first-order valence-corrected chi connectivity index (χ1v) is 7.69. The fourth-order valence-electron chi connectivity index (χ4n) is 2.84. The van der Waals surface area contributed by atoms with Crippen LogP contribution in [0.25, 0.3) is 6.08 Å². The number of likely N-dealkylation sites (tertiary alicyclic amines) is 1. The molecule has 124 valence electrons. The number of nitrogens with zero attached hydrogens (tertiary/aromatic N) is 5. The number of para-hydroxylation sites is 1. The third kappa shape index (κ3) is 3.48. The summed E-state index contributed by atoms with van der Waals surface area (Å²) in [5, 5.41) is 15.1. The maximum absolute atomic E-state index is 12.4. The quantitative estimate of drug-likeness (QED) is 0.487. The Hall–Kier alpha value is -3.03. The first-order chi connectivity index (χ1) is 11.6. The molecule has 1 atom stereocenters. The van der Waals surface area contributed by atoms with E-state index in [0.29, 0.717) is 18.7 Å². The molecule has 1 fully saturated rings. The van der Waals surface area contributed by atoms with E-state index in [1.165, 1.54) is 24.5 Å². The summed E-state index contributed by atoms with van der Waals surface area (Å²) in [7, 11) is 0. The maximum atomic E-state index is 12.4. The number of carbonyl (C=O) groups is 1. The smallest absolute Gasteiger partial charge is 0.276 e. The SMILES string of the molecule is O=C(/C=C/c1ccccc1[N+](=O)[O-])N1CCC[C@H](n2cncn2)C1. The van der Waals surface area contributed by atoms with E-state index in [1.54, 1.807) is 34.1 Å². The molecule has 24 heavy (non-hydrogen) atoms. The number of nitro groups is 1. The van der Waals surface area contributed by atoms with Crippen LogP contribution in [0.2, 0.25) is 0 Å². The van der Waals surface area contributed by atoms with Gasteiger partial charge in [0.1, 0.15) is 12.7 Å². The molecule has 0 N–H and O–H groups in total. The molecule has 8 heteroatoms. The Morgan fingerprint density at radius 2 is 2.21 bits per heavy atom. The predicted molar refractivity (Wildman–Crippen MR) is 87.0 cm³/mol. The van der Waals surface area contributed by atoms with Gasteiger partial charge in [0.15, 0.2) is 0 Å². The van der Waals surface area contributed by atoms with E-state index in [0.717, 1.165) is 12.8 Å². The zero-order valence-corrected chi connectivity index (χ0v) is 13.0. The highest BCUT2D eigenvalue weighted by Crippen LogP contribution is 2.22. The van der Waals surface area contributed by atoms with Crippen LogP contribution >= 0.6 is 0 Å². The Kier molecular flexibility index (Phi) is 4.64. The number of amides is 1. The van der Waals surface area contributed by atoms with Gasteiger partial charge in [-0.25, -0.2) is 9.67 Å². The Balaban J connectivity index is 1.69. The van der Waals surface area contributed by atoms with Gasteiger partial charge >= 0.3 is 0 Å². The second kappa shape index (κ2) is 7.03. The molecule has 1 saturated heterocycles. The van der Waals surface area contributed by atoms with Crippen LogP contribution < -0.4 is 0 Å². The van der Waals surface area contributed by atoms with Crippen molar-refractivity contribution in [3.63, 3.8) is 0 Å². The molecule has 2 aromatic rings. The van der Waals surface area contributed by atoms with Crippen LogP contribution in [0.3, 0.4) is 0 Å². The van der Waals surface area contributed by atoms with Gasteiger partial charge in [-0.2, -0.15) is 5.10 Å². The highest BCUT2D eigenvalue weighted by molar-refractivity contribution is 5.92. The molecule has 3 rings (SSSR count). The zero-order chi connectivity index (χ0) is 16.9. The molecule has 2 heterocycles. The highest BCUT2D eigenvalue weighted by Gasteiger charge is 2.24. The van der Waals surface area contributed by atoms with Crippen LogP contribution in [0.4, 0.5) is 5.69 Å². The number of benzene rings is 1. The molecule has 0 spiro atoms. The standard InChI is InChI=1S/C16H17N5O3/c22-16(8-7-13-4-1-2-6-15(13)21(23)24)19-9-3-5-14(10-19)20-12-17-11-18-20/h1-2,4,6-8,11-12,14H,3,5,9-10H2/b8-7+/t14-/m0/s1. The van der Waals surface area contributed by atoms with Gasteiger partial charge in [-0.1, -0.05) is 12.1 Å². The molecule has 1 aromatic carbocycles. The maximum Gasteiger partial charge on any atom is 0.276 e. The lowest BCUT2D eigenvalue weighted by Crippen LogP contribution is -2.40. The van der Waals surface area contributed by atoms with Gasteiger partial charge in [0.05, 0.1) is 16.5 Å². The van der Waals surface area contributed by atoms with Crippen molar-refractivity contribution in [2.75, 3.05) is 13.1 Å². The molecule has 0 aliphatic carbocycles. The number of hydrogen-bond acceptors (Lipinski definition) is 5. The van der Waals surface area contributed by atoms with Crippen molar-refractivity contribution in [3.05, 3.63) is 58.7 Å². The summed E-state index contributed by atoms with van der Waals surface area (Å²) in [6.07, 6.45) is 7.86. The summed E-state index contributed by atoms with van der Waals surface area (Å²) in [6, 6.07) is 6.47. The normalized spacial score (nSPS) is 18.0. The van der Waals surface area contributed by atoms with Gasteiger partial charge in [0, 0.05) is 25.2 Å². The molecular weight excluding hydrogens is 310 g/mol. The average molecular weight is 327 g/mol. The molecule has 8 nitrogen and oxygen atoms in total. The average Bonchev–Trinajstić information content (AvgIpc) is 3.14. The zero-order valence-electron chi connectivity index (χ0n) is 13.0. The summed E-state index contributed by atoms with van der Waals surface area (Å²) in [4.78, 5) is 28.6. The van der Waals surface area contributed by atoms with Crippen LogP contribution in [0.5, 0.6) is 0 Å². The molecule has 0 bridgehead atoms. The van der Waals surface area contributed by atoms with E-state index < -0.39 is 4.92 Å². The second-order valence-electron chi connectivity index (χ2n) is 5.61. The fourth-order valence-corrected chi connectivity index (χ4v) is 2.84. The highest BCUT2D eigenvalue weighted by atomic mass is 16.6. The van der Waals surface area contributed by atoms with Gasteiger partial charge in [0.25, 0.3) is 5.69 Å². The van der Waals surface area contributed by atoms with Crippen molar-refractivity contribution in [2.24, 2.45) is 0 Å². The van der Waals surface area contributed by atoms with Gasteiger partial charge in [-0.3, -0.25) is 14.9 Å². The third-order valence-electron chi connectivity index (χ3n) is 4.06. The number of nitro benzene ring substituents is 1. The number of rotatable bonds is 4. The van der Waals surface area contributed by atoms with Gasteiger partial charge < -0.3 is 4.90 Å². The summed E-state index contributed by atoms with van der Waals surface area (Å²) < 4.78 is 1.77. The lowest BCUT2D eigenvalue weighted by Gasteiger charge is -2.31. The molecule has 1 aromatic heterocycles. The van der Waals surface area contributed by atoms with Crippen LogP contribution in [-0.4, -0.2) is 43.6 Å². The van der Waals surface area contributed by atoms with E-state index in [9.17, 15) is 14.9 Å². The lowest BCUT2D eigenvalue weighted by molar-refractivity contribution is -0.385. The van der Waals surface area contributed by atoms with Crippen LogP contribution in [0.1, 0.15) is 24.4 Å². The van der Waals surface area contributed by atoms with E-state index in [2.05, 4.69) is 10.1 Å². The summed E-state index contributed by atoms with van der Waals surface area (Å²) in [5.41, 5.74) is 0.404. The van der Waals surface area contributed by atoms with Crippen molar-refractivity contribution in [1.29, 1.82) is 0 Å². The Morgan fingerprint density at radius 3 is 2.96 bits per heavy atom. The summed E-state index contributed by atoms with van der Waals surface area (Å²) in [5.74, 6) is -0.155. The van der Waals surface area contributed by atoms with Crippen LogP contribution in [0.15, 0.2) is 43.0 Å². The van der Waals surface area contributed by atoms with E-state index in [4.69, 9.17) is 0 Å². The van der Waals surface area contributed by atoms with Gasteiger partial charge in [-0.15, -0.1) is 0 Å². The molecular formula is C16H17N5O3. The Labute approximate surface area is 138 Å². The predicted octanol–water partition coefficient (Wildman–Crippen LogP) is 2.06. The Morgan fingerprint density at radius 1 is 1.38 bits per heavy atom. The van der Waals surface area contributed by atoms with Crippen LogP contribution in [0, 0.1) is 10.1 Å². The third-order valence-corrected chi connectivity index (χ3v) is 4.06. The minimum absolute atomic E-state index is 0.0133. The fraction of sp³-hybridized carbons (Fsp3) is 0.312. The van der Waals surface area contributed by atoms with Crippen molar-refractivity contribution in [1.82, 2.24) is 19.7 Å². The van der Waals surface area contributed by atoms with Crippen molar-refractivity contribution < 1.29 is 9.72 Å². The number of carbonyl (C=O) groups excluding carboxylic acids is 1. The molecule has 0 radical (unpaired) electrons. The topological polar surface area (TPSA) is 94.2 Å². The Bertz CT molecular complexity index is 757. The molecule has 1 aliphatic heterocycles. The first kappa shape index (κ1) is 15.9. The second-order valence-corrected chi connectivity index (χ2v) is 5.61. The van der Waals surface area contributed by atoms with Crippen molar-refractivity contribution >= 4 is 17.7 Å². The largest absolute Gasteiger partial charge is 0.337 e. The molecule has 0 saturated carbocycles. The molecule has 1 aliphatic rings. The minimum Gasteiger partial charge on any atom is -0.337 e. The summed E-state index contributed by atoms with van der Waals surface area (Å²) >= 11 is 0. The molecule has 0 unspecified atom stereocenters. The monoisotopic (exact) mass is 327 g/mol.